The van der Waals surface area contributed by atoms with E-state index in [-0.39, 0.29) is 18.4 Å². The fraction of sp³-hybridized carbons (Fsp3) is 0.200. The van der Waals surface area contributed by atoms with Crippen LogP contribution in [-0.2, 0) is 4.79 Å². The molecule has 3 rings (SSSR count). The van der Waals surface area contributed by atoms with Crippen molar-refractivity contribution in [2.75, 3.05) is 0 Å². The maximum Gasteiger partial charge on any atom is 0.149 e. The average molecular weight is 290 g/mol. The number of hydrogen-bond donors (Lipinski definition) is 1. The molecule has 1 unspecified atom stereocenters. The fourth-order valence-electron chi connectivity index (χ4n) is 2.28. The molecule has 0 aliphatic carbocycles. The van der Waals surface area contributed by atoms with E-state index in [1.54, 1.807) is 0 Å². The number of halogens is 1. The van der Waals surface area contributed by atoms with Gasteiger partial charge in [0.15, 0.2) is 0 Å². The lowest BCUT2D eigenvalue weighted by Gasteiger charge is -2.25. The predicted molar refractivity (Wildman–Crippen MR) is 82.4 cm³/mol. The van der Waals surface area contributed by atoms with Crippen molar-refractivity contribution in [2.24, 2.45) is 4.99 Å². The molecule has 0 amide bonds. The number of aliphatic imine (C=N–C) groups is 1. The number of hydrogen-bond acceptors (Lipinski definition) is 4. The first-order valence-electron chi connectivity index (χ1n) is 6.23. The van der Waals surface area contributed by atoms with E-state index in [1.165, 1.54) is 5.56 Å². The van der Waals surface area contributed by atoms with E-state index in [0.29, 0.717) is 0 Å². The minimum atomic E-state index is -0.284. The highest BCUT2D eigenvalue weighted by molar-refractivity contribution is 6.02. The van der Waals surface area contributed by atoms with Gasteiger partial charge in [-0.2, -0.15) is 0 Å². The third-order valence-corrected chi connectivity index (χ3v) is 3.40. The van der Waals surface area contributed by atoms with Crippen molar-refractivity contribution >= 4 is 30.1 Å². The molecule has 104 valence electrons. The number of fused-ring (bicyclic) bond motifs is 1. The molecule has 1 aromatic rings. The number of nitrogens with one attached hydrogen (secondary N) is 1. The molecule has 5 heteroatoms. The first-order valence-corrected chi connectivity index (χ1v) is 6.23. The summed E-state index contributed by atoms with van der Waals surface area (Å²) in [6, 6.07) is 7.98. The summed E-state index contributed by atoms with van der Waals surface area (Å²) >= 11 is 0. The SMILES string of the molecule is CC1=NC2=CNC(c3ccc(C)cc3)=CN2C1C=O.Cl. The minimum Gasteiger partial charge on any atom is -0.357 e. The summed E-state index contributed by atoms with van der Waals surface area (Å²) < 4.78 is 0. The summed E-state index contributed by atoms with van der Waals surface area (Å²) in [6.07, 6.45) is 4.70. The van der Waals surface area contributed by atoms with Crippen molar-refractivity contribution in [3.63, 3.8) is 0 Å². The lowest BCUT2D eigenvalue weighted by Crippen LogP contribution is -2.34. The molecule has 2 heterocycles. The van der Waals surface area contributed by atoms with Crippen molar-refractivity contribution in [3.05, 3.63) is 53.6 Å². The van der Waals surface area contributed by atoms with E-state index in [0.717, 1.165) is 29.1 Å². The van der Waals surface area contributed by atoms with Gasteiger partial charge in [-0.25, -0.2) is 4.99 Å². The van der Waals surface area contributed by atoms with E-state index >= 15 is 0 Å². The summed E-state index contributed by atoms with van der Waals surface area (Å²) in [5.41, 5.74) is 4.11. The van der Waals surface area contributed by atoms with Crippen molar-refractivity contribution in [2.45, 2.75) is 19.9 Å². The van der Waals surface area contributed by atoms with E-state index in [1.807, 2.05) is 24.2 Å². The number of benzene rings is 1. The number of carbonyl (C=O) groups is 1. The molecule has 0 aromatic heterocycles. The first kappa shape index (κ1) is 14.3. The van der Waals surface area contributed by atoms with Crippen LogP contribution < -0.4 is 5.32 Å². The third-order valence-electron chi connectivity index (χ3n) is 3.40. The van der Waals surface area contributed by atoms with Gasteiger partial charge in [-0.1, -0.05) is 29.8 Å². The molecule has 2 aliphatic heterocycles. The van der Waals surface area contributed by atoms with Crippen LogP contribution in [0.3, 0.4) is 0 Å². The molecule has 20 heavy (non-hydrogen) atoms. The van der Waals surface area contributed by atoms with E-state index in [2.05, 4.69) is 41.5 Å². The van der Waals surface area contributed by atoms with Gasteiger partial charge in [0.05, 0.1) is 5.70 Å². The molecule has 0 saturated heterocycles. The zero-order valence-corrected chi connectivity index (χ0v) is 12.1. The lowest BCUT2D eigenvalue weighted by molar-refractivity contribution is -0.109. The quantitative estimate of drug-likeness (QED) is 0.851. The van der Waals surface area contributed by atoms with E-state index in [4.69, 9.17) is 0 Å². The molecule has 0 spiro atoms. The monoisotopic (exact) mass is 289 g/mol. The zero-order chi connectivity index (χ0) is 13.4. The molecular weight excluding hydrogens is 274 g/mol. The normalized spacial score (nSPS) is 20.0. The molecule has 1 atom stereocenters. The van der Waals surface area contributed by atoms with Crippen LogP contribution in [0.25, 0.3) is 5.70 Å². The summed E-state index contributed by atoms with van der Waals surface area (Å²) in [6.45, 7) is 3.93. The number of aryl methyl sites for hydroxylation is 1. The number of aldehydes is 1. The zero-order valence-electron chi connectivity index (χ0n) is 11.3. The highest BCUT2D eigenvalue weighted by Gasteiger charge is 2.30. The van der Waals surface area contributed by atoms with Crippen molar-refractivity contribution in [3.8, 4) is 0 Å². The highest BCUT2D eigenvalue weighted by atomic mass is 35.5. The molecule has 4 nitrogen and oxygen atoms in total. The van der Waals surface area contributed by atoms with Crippen LogP contribution in [0.5, 0.6) is 0 Å². The Hall–Kier alpha value is -2.07. The average Bonchev–Trinajstić information content (AvgIpc) is 2.74. The third kappa shape index (κ3) is 2.34. The van der Waals surface area contributed by atoms with Crippen molar-refractivity contribution in [1.82, 2.24) is 10.2 Å². The fourth-order valence-corrected chi connectivity index (χ4v) is 2.28. The molecule has 0 bridgehead atoms. The van der Waals surface area contributed by atoms with Crippen LogP contribution >= 0.6 is 12.4 Å². The van der Waals surface area contributed by atoms with Gasteiger partial charge in [-0.05, 0) is 19.4 Å². The van der Waals surface area contributed by atoms with Gasteiger partial charge >= 0.3 is 0 Å². The van der Waals surface area contributed by atoms with Crippen LogP contribution in [-0.4, -0.2) is 22.9 Å². The molecule has 2 aliphatic rings. The molecule has 0 fully saturated rings. The number of carbonyl (C=O) groups excluding carboxylic acids is 1. The summed E-state index contributed by atoms with van der Waals surface area (Å²) in [5, 5.41) is 3.23. The standard InChI is InChI=1S/C15H15N3O.ClH/c1-10-3-5-12(6-4-10)13-8-18-14(9-19)11(2)17-15(18)7-16-13;/h3-9,14,16H,1-2H3;1H. The van der Waals surface area contributed by atoms with Crippen molar-refractivity contribution in [1.29, 1.82) is 0 Å². The topological polar surface area (TPSA) is 44.7 Å². The Balaban J connectivity index is 0.00000147. The van der Waals surface area contributed by atoms with Crippen LogP contribution in [0.4, 0.5) is 0 Å². The molecule has 1 N–H and O–H groups in total. The Morgan fingerprint density at radius 3 is 2.60 bits per heavy atom. The van der Waals surface area contributed by atoms with E-state index < -0.39 is 0 Å². The Morgan fingerprint density at radius 2 is 1.95 bits per heavy atom. The van der Waals surface area contributed by atoms with Gasteiger partial charge in [0.25, 0.3) is 0 Å². The second-order valence-electron chi connectivity index (χ2n) is 4.80. The van der Waals surface area contributed by atoms with Gasteiger partial charge in [-0.3, -0.25) is 0 Å². The largest absolute Gasteiger partial charge is 0.357 e. The van der Waals surface area contributed by atoms with E-state index in [9.17, 15) is 4.79 Å². The maximum absolute atomic E-state index is 11.2. The van der Waals surface area contributed by atoms with Crippen LogP contribution in [0.2, 0.25) is 0 Å². The molecular formula is C15H16ClN3O. The van der Waals surface area contributed by atoms with Gasteiger partial charge in [0, 0.05) is 18.1 Å². The summed E-state index contributed by atoms with van der Waals surface area (Å²) in [7, 11) is 0. The van der Waals surface area contributed by atoms with Crippen LogP contribution in [0, 0.1) is 6.92 Å². The summed E-state index contributed by atoms with van der Waals surface area (Å²) in [5.74, 6) is 0.783. The van der Waals surface area contributed by atoms with Gasteiger partial charge in [0.1, 0.15) is 18.1 Å². The first-order chi connectivity index (χ1) is 9.19. The molecule has 0 radical (unpaired) electrons. The molecule has 1 aromatic carbocycles. The van der Waals surface area contributed by atoms with Crippen LogP contribution in [0.15, 0.2) is 47.5 Å². The predicted octanol–water partition coefficient (Wildman–Crippen LogP) is 2.46. The Kier molecular flexibility index (Phi) is 3.95. The summed E-state index contributed by atoms with van der Waals surface area (Å²) in [4.78, 5) is 17.4. The van der Waals surface area contributed by atoms with Gasteiger partial charge in [-0.15, -0.1) is 12.4 Å². The number of nitrogens with zero attached hydrogens (tertiary/aromatic N) is 2. The Bertz CT molecular complexity index is 617. The van der Waals surface area contributed by atoms with Crippen molar-refractivity contribution < 1.29 is 4.79 Å². The van der Waals surface area contributed by atoms with Crippen LogP contribution in [0.1, 0.15) is 18.1 Å². The Morgan fingerprint density at radius 1 is 1.25 bits per heavy atom. The second-order valence-corrected chi connectivity index (χ2v) is 4.80. The Labute approximate surface area is 124 Å². The van der Waals surface area contributed by atoms with Gasteiger partial charge in [0.2, 0.25) is 0 Å². The number of rotatable bonds is 2. The highest BCUT2D eigenvalue weighted by Crippen LogP contribution is 2.26. The lowest BCUT2D eigenvalue weighted by atomic mass is 10.1. The maximum atomic E-state index is 11.2. The molecule has 0 saturated carbocycles. The second kappa shape index (κ2) is 5.51. The minimum absolute atomic E-state index is 0. The van der Waals surface area contributed by atoms with Gasteiger partial charge < -0.3 is 15.0 Å². The smallest absolute Gasteiger partial charge is 0.149 e.